The Kier molecular flexibility index (Phi) is 4.73. The van der Waals surface area contributed by atoms with Crippen LogP contribution in [0.1, 0.15) is 23.5 Å². The lowest BCUT2D eigenvalue weighted by molar-refractivity contribution is 0.102. The van der Waals surface area contributed by atoms with Gasteiger partial charge in [-0.1, -0.05) is 0 Å². The first kappa shape index (κ1) is 20.6. The van der Waals surface area contributed by atoms with Crippen LogP contribution in [0.15, 0.2) is 47.4 Å². The normalized spacial score (nSPS) is 17.4. The Labute approximate surface area is 199 Å². The Hall–Kier alpha value is -3.98. The number of hydrogen-bond acceptors (Lipinski definition) is 7. The van der Waals surface area contributed by atoms with Gasteiger partial charge in [0.15, 0.2) is 5.78 Å². The van der Waals surface area contributed by atoms with Crippen LogP contribution in [0.2, 0.25) is 0 Å². The molecule has 34 heavy (non-hydrogen) atoms. The lowest BCUT2D eigenvalue weighted by Crippen LogP contribution is -2.37. The van der Waals surface area contributed by atoms with Crippen LogP contribution in [0.5, 0.6) is 0 Å². The Bertz CT molecular complexity index is 1630. The van der Waals surface area contributed by atoms with Crippen molar-refractivity contribution in [2.75, 3.05) is 13.6 Å². The van der Waals surface area contributed by atoms with Gasteiger partial charge in [-0.3, -0.25) is 19.9 Å². The van der Waals surface area contributed by atoms with E-state index in [2.05, 4.69) is 60.6 Å². The van der Waals surface area contributed by atoms with Gasteiger partial charge in [-0.2, -0.15) is 5.10 Å². The molecule has 0 spiro atoms. The molecular formula is C25H23N7OS. The van der Waals surface area contributed by atoms with Gasteiger partial charge in [0, 0.05) is 46.2 Å². The Morgan fingerprint density at radius 2 is 2.12 bits per heavy atom. The largest absolute Gasteiger partial charge is 0.363 e. The molecule has 2 aliphatic heterocycles. The summed E-state index contributed by atoms with van der Waals surface area (Å²) in [4.78, 5) is 28.2. The number of Topliss-reactive ketones (excluding diaryl/α,β-unsaturated/α-hetero) is 1. The highest BCUT2D eigenvalue weighted by Crippen LogP contribution is 2.34. The molecule has 0 bridgehead atoms. The van der Waals surface area contributed by atoms with E-state index in [1.54, 1.807) is 6.92 Å². The minimum Gasteiger partial charge on any atom is -0.363 e. The van der Waals surface area contributed by atoms with Gasteiger partial charge in [0.1, 0.15) is 5.69 Å². The van der Waals surface area contributed by atoms with Crippen LogP contribution < -0.4 is 15.9 Å². The lowest BCUT2D eigenvalue weighted by Gasteiger charge is -2.24. The third-order valence-corrected chi connectivity index (χ3v) is 7.71. The van der Waals surface area contributed by atoms with E-state index in [-0.39, 0.29) is 11.8 Å². The molecule has 170 valence electrons. The molecule has 6 rings (SSSR count). The lowest BCUT2D eigenvalue weighted by atomic mass is 10.1. The average molecular weight is 470 g/mol. The molecule has 1 atom stereocenters. The van der Waals surface area contributed by atoms with Crippen molar-refractivity contribution in [3.05, 3.63) is 57.8 Å². The summed E-state index contributed by atoms with van der Waals surface area (Å²) in [5, 5.41) is 14.2. The van der Waals surface area contributed by atoms with Gasteiger partial charge in [0.05, 0.1) is 46.1 Å². The van der Waals surface area contributed by atoms with E-state index in [1.807, 2.05) is 37.7 Å². The Balaban J connectivity index is 1.39. The molecule has 0 saturated heterocycles. The predicted molar refractivity (Wildman–Crippen MR) is 136 cm³/mol. The number of nitrogens with one attached hydrogen (secondary N) is 3. The first-order valence-corrected chi connectivity index (χ1v) is 11.9. The van der Waals surface area contributed by atoms with Crippen LogP contribution in [-0.2, 0) is 0 Å². The highest BCUT2D eigenvalue weighted by atomic mass is 32.1. The molecule has 0 radical (unpaired) electrons. The van der Waals surface area contributed by atoms with Crippen LogP contribution in [0.4, 0.5) is 0 Å². The first-order valence-electron chi connectivity index (χ1n) is 11.0. The molecule has 4 aromatic rings. The number of carbonyl (C=O) groups excluding carboxylic acids is 1. The van der Waals surface area contributed by atoms with Crippen molar-refractivity contribution in [1.29, 1.82) is 0 Å². The average Bonchev–Trinajstić information content (AvgIpc) is 3.59. The van der Waals surface area contributed by atoms with E-state index in [1.165, 1.54) is 11.3 Å². The number of carbonyl (C=O) groups is 1. The molecule has 0 aromatic carbocycles. The fraction of sp³-hybridized carbons (Fsp3) is 0.200. The van der Waals surface area contributed by atoms with Gasteiger partial charge < -0.3 is 15.2 Å². The summed E-state index contributed by atoms with van der Waals surface area (Å²) in [5.41, 5.74) is 4.75. The molecule has 0 aliphatic carbocycles. The van der Waals surface area contributed by atoms with Crippen molar-refractivity contribution >= 4 is 46.1 Å². The van der Waals surface area contributed by atoms with E-state index in [0.717, 1.165) is 66.3 Å². The van der Waals surface area contributed by atoms with Crippen molar-refractivity contribution in [2.45, 2.75) is 19.9 Å². The summed E-state index contributed by atoms with van der Waals surface area (Å²) >= 11 is 1.49. The fourth-order valence-electron chi connectivity index (χ4n) is 4.46. The van der Waals surface area contributed by atoms with E-state index in [4.69, 9.17) is 0 Å². The molecule has 1 unspecified atom stereocenters. The minimum absolute atomic E-state index is 0.0724. The number of pyridine rings is 1. The summed E-state index contributed by atoms with van der Waals surface area (Å²) in [5.74, 6) is 1.12. The summed E-state index contributed by atoms with van der Waals surface area (Å²) in [7, 11) is 2.07. The van der Waals surface area contributed by atoms with Gasteiger partial charge in [0.2, 0.25) is 0 Å². The summed E-state index contributed by atoms with van der Waals surface area (Å²) in [6.07, 6.45) is 9.83. The summed E-state index contributed by atoms with van der Waals surface area (Å²) in [6.45, 7) is 4.37. The fourth-order valence-corrected chi connectivity index (χ4v) is 5.38. The number of ketones is 1. The van der Waals surface area contributed by atoms with Gasteiger partial charge in [-0.15, -0.1) is 11.3 Å². The molecular weight excluding hydrogens is 446 g/mol. The van der Waals surface area contributed by atoms with Crippen LogP contribution >= 0.6 is 11.3 Å². The number of fused-ring (bicyclic) bond motifs is 2. The number of aliphatic imine (C=N–C) groups is 1. The van der Waals surface area contributed by atoms with E-state index >= 15 is 0 Å². The van der Waals surface area contributed by atoms with E-state index in [9.17, 15) is 4.79 Å². The first-order chi connectivity index (χ1) is 16.5. The number of thiophene rings is 1. The topological polar surface area (TPSA) is 102 Å². The number of aromatic nitrogens is 4. The number of likely N-dealkylation sites (N-methyl/N-ethyl adjacent to an activating group) is 1. The van der Waals surface area contributed by atoms with Crippen molar-refractivity contribution in [3.8, 4) is 21.8 Å². The SMILES string of the molecule is CC(=O)c1ccc(-c2cncc3[nH]c(-c4n[nH]c5c4=CNC(C4CN=C(C)N4C)=CC=5)cc23)s1. The number of nitrogens with zero attached hydrogens (tertiary/aromatic N) is 4. The second kappa shape index (κ2) is 7.81. The van der Waals surface area contributed by atoms with Crippen LogP contribution in [-0.4, -0.2) is 56.3 Å². The quantitative estimate of drug-likeness (QED) is 0.399. The van der Waals surface area contributed by atoms with Gasteiger partial charge in [-0.05, 0) is 44.2 Å². The number of rotatable bonds is 4. The molecule has 3 N–H and O–H groups in total. The maximum atomic E-state index is 11.8. The monoisotopic (exact) mass is 469 g/mol. The Morgan fingerprint density at radius 1 is 1.24 bits per heavy atom. The highest BCUT2D eigenvalue weighted by Gasteiger charge is 2.25. The number of amidine groups is 1. The van der Waals surface area contributed by atoms with Gasteiger partial charge in [0.25, 0.3) is 0 Å². The minimum atomic E-state index is 0.0724. The van der Waals surface area contributed by atoms with Crippen LogP contribution in [0.25, 0.3) is 45.0 Å². The predicted octanol–water partition coefficient (Wildman–Crippen LogP) is 2.62. The van der Waals surface area contributed by atoms with Gasteiger partial charge in [-0.25, -0.2) is 0 Å². The molecule has 8 nitrogen and oxygen atoms in total. The third-order valence-electron chi connectivity index (χ3n) is 6.50. The zero-order chi connectivity index (χ0) is 23.4. The molecule has 0 amide bonds. The number of aromatic amines is 2. The van der Waals surface area contributed by atoms with Crippen LogP contribution in [0, 0.1) is 0 Å². The van der Waals surface area contributed by atoms with Crippen LogP contribution in [0.3, 0.4) is 0 Å². The van der Waals surface area contributed by atoms with E-state index < -0.39 is 0 Å². The molecule has 0 saturated carbocycles. The molecule has 2 aliphatic rings. The smallest absolute Gasteiger partial charge is 0.169 e. The van der Waals surface area contributed by atoms with E-state index in [0.29, 0.717) is 0 Å². The molecule has 9 heteroatoms. The summed E-state index contributed by atoms with van der Waals surface area (Å²) in [6, 6.07) is 6.15. The second-order valence-corrected chi connectivity index (χ2v) is 9.63. The number of H-pyrrole nitrogens is 2. The third kappa shape index (κ3) is 3.28. The summed E-state index contributed by atoms with van der Waals surface area (Å²) < 4.78 is 0. The van der Waals surface area contributed by atoms with Crippen molar-refractivity contribution in [2.24, 2.45) is 4.99 Å². The zero-order valence-electron chi connectivity index (χ0n) is 19.0. The highest BCUT2D eigenvalue weighted by molar-refractivity contribution is 7.17. The number of allylic oxidation sites excluding steroid dienone is 1. The van der Waals surface area contributed by atoms with Gasteiger partial charge >= 0.3 is 0 Å². The zero-order valence-corrected chi connectivity index (χ0v) is 19.8. The van der Waals surface area contributed by atoms with Crippen molar-refractivity contribution < 1.29 is 4.79 Å². The maximum absolute atomic E-state index is 11.8. The van der Waals surface area contributed by atoms with Crippen molar-refractivity contribution in [1.82, 2.24) is 30.4 Å². The standard InChI is InChI=1S/C25H23N7OS/c1-13(33)23-6-7-24(34-23)16-9-26-11-21-15(16)8-20(29-21)25-17-10-28-19(5-4-18(17)30-31-25)22-12-27-14(2)32(22)3/h4-11,22,28-30H,12H2,1-3H3. The van der Waals surface area contributed by atoms with Crippen molar-refractivity contribution in [3.63, 3.8) is 0 Å². The molecule has 6 heterocycles. The molecule has 0 fully saturated rings. The molecule has 4 aromatic heterocycles. The second-order valence-electron chi connectivity index (χ2n) is 8.54. The Morgan fingerprint density at radius 3 is 2.88 bits per heavy atom. The number of hydrogen-bond donors (Lipinski definition) is 3. The maximum Gasteiger partial charge on any atom is 0.169 e.